The number of carboxylic acids is 1. The third-order valence-corrected chi connectivity index (χ3v) is 3.07. The van der Waals surface area contributed by atoms with Gasteiger partial charge in [-0.25, -0.2) is 4.79 Å². The summed E-state index contributed by atoms with van der Waals surface area (Å²) in [6, 6.07) is 6.11. The molecular formula is C12H7Cl2NO3. The number of carbonyl (C=O) groups is 1. The smallest absolute Gasteiger partial charge is 0.339 e. The van der Waals surface area contributed by atoms with E-state index in [4.69, 9.17) is 28.3 Å². The summed E-state index contributed by atoms with van der Waals surface area (Å²) in [5.74, 6) is -1.61. The van der Waals surface area contributed by atoms with Gasteiger partial charge in [-0.3, -0.25) is 4.98 Å². The molecule has 2 rings (SSSR count). The Morgan fingerprint density at radius 3 is 2.50 bits per heavy atom. The standard InChI is InChI=1S/C12H7Cl2NO3/c13-8-2-1-6(3-9(8)14)10-4-7(12(17)18)11(16)5-15-10/h1-5,16H,(H,17,18). The van der Waals surface area contributed by atoms with E-state index >= 15 is 0 Å². The van der Waals surface area contributed by atoms with Crippen molar-refractivity contribution in [1.82, 2.24) is 4.98 Å². The minimum Gasteiger partial charge on any atom is -0.505 e. The lowest BCUT2D eigenvalue weighted by Gasteiger charge is -2.05. The number of halogens is 2. The highest BCUT2D eigenvalue weighted by Gasteiger charge is 2.12. The van der Waals surface area contributed by atoms with Gasteiger partial charge in [0.15, 0.2) is 0 Å². The van der Waals surface area contributed by atoms with Gasteiger partial charge in [0, 0.05) is 5.56 Å². The van der Waals surface area contributed by atoms with Crippen LogP contribution in [0.2, 0.25) is 10.0 Å². The summed E-state index contributed by atoms with van der Waals surface area (Å²) >= 11 is 11.7. The van der Waals surface area contributed by atoms with Gasteiger partial charge in [0.1, 0.15) is 11.3 Å². The molecule has 1 aromatic heterocycles. The molecule has 2 N–H and O–H groups in total. The Hall–Kier alpha value is -1.78. The van der Waals surface area contributed by atoms with E-state index in [-0.39, 0.29) is 11.3 Å². The third kappa shape index (κ3) is 2.39. The summed E-state index contributed by atoms with van der Waals surface area (Å²) in [6.07, 6.45) is 1.08. The van der Waals surface area contributed by atoms with Crippen molar-refractivity contribution in [3.05, 3.63) is 46.1 Å². The zero-order valence-corrected chi connectivity index (χ0v) is 10.4. The monoisotopic (exact) mass is 283 g/mol. The van der Waals surface area contributed by atoms with Crippen LogP contribution in [0.3, 0.4) is 0 Å². The van der Waals surface area contributed by atoms with Gasteiger partial charge in [0.2, 0.25) is 0 Å². The summed E-state index contributed by atoms with van der Waals surface area (Å²) in [5.41, 5.74) is 0.793. The van der Waals surface area contributed by atoms with Crippen molar-refractivity contribution in [2.75, 3.05) is 0 Å². The van der Waals surface area contributed by atoms with Gasteiger partial charge in [0.05, 0.1) is 21.9 Å². The van der Waals surface area contributed by atoms with E-state index in [0.717, 1.165) is 6.20 Å². The van der Waals surface area contributed by atoms with E-state index in [2.05, 4.69) is 4.98 Å². The number of rotatable bonds is 2. The van der Waals surface area contributed by atoms with Gasteiger partial charge in [0.25, 0.3) is 0 Å². The van der Waals surface area contributed by atoms with Crippen molar-refractivity contribution in [2.45, 2.75) is 0 Å². The SMILES string of the molecule is O=C(O)c1cc(-c2ccc(Cl)c(Cl)c2)ncc1O. The van der Waals surface area contributed by atoms with E-state index in [1.807, 2.05) is 0 Å². The normalized spacial score (nSPS) is 10.3. The molecule has 1 heterocycles. The molecule has 18 heavy (non-hydrogen) atoms. The molecule has 0 unspecified atom stereocenters. The van der Waals surface area contributed by atoms with Crippen LogP contribution in [0.4, 0.5) is 0 Å². The number of pyridine rings is 1. The minimum atomic E-state index is -1.23. The van der Waals surface area contributed by atoms with Crippen LogP contribution in [0.5, 0.6) is 5.75 Å². The fourth-order valence-electron chi connectivity index (χ4n) is 1.43. The van der Waals surface area contributed by atoms with Gasteiger partial charge >= 0.3 is 5.97 Å². The fourth-order valence-corrected chi connectivity index (χ4v) is 1.73. The molecule has 0 radical (unpaired) electrons. The van der Waals surface area contributed by atoms with E-state index in [1.54, 1.807) is 18.2 Å². The Kier molecular flexibility index (Phi) is 3.41. The second-order valence-corrected chi connectivity index (χ2v) is 4.34. The Bertz CT molecular complexity index is 629. The van der Waals surface area contributed by atoms with Crippen LogP contribution in [0.25, 0.3) is 11.3 Å². The lowest BCUT2D eigenvalue weighted by molar-refractivity contribution is 0.0693. The number of carboxylic acid groups (broad SMARTS) is 1. The Balaban J connectivity index is 2.54. The van der Waals surface area contributed by atoms with Crippen molar-refractivity contribution in [3.8, 4) is 17.0 Å². The van der Waals surface area contributed by atoms with Gasteiger partial charge in [-0.2, -0.15) is 0 Å². The van der Waals surface area contributed by atoms with Crippen LogP contribution in [-0.2, 0) is 0 Å². The zero-order chi connectivity index (χ0) is 13.3. The molecule has 0 amide bonds. The van der Waals surface area contributed by atoms with E-state index in [9.17, 15) is 9.90 Å². The van der Waals surface area contributed by atoms with Crippen molar-refractivity contribution >= 4 is 29.2 Å². The predicted octanol–water partition coefficient (Wildman–Crippen LogP) is 3.46. The van der Waals surface area contributed by atoms with E-state index in [1.165, 1.54) is 6.07 Å². The summed E-state index contributed by atoms with van der Waals surface area (Å²) in [5, 5.41) is 19.0. The molecular weight excluding hydrogens is 277 g/mol. The maximum atomic E-state index is 10.9. The molecule has 2 aromatic rings. The van der Waals surface area contributed by atoms with E-state index in [0.29, 0.717) is 21.3 Å². The molecule has 6 heteroatoms. The number of aromatic carboxylic acids is 1. The largest absolute Gasteiger partial charge is 0.505 e. The molecule has 0 aliphatic rings. The van der Waals surface area contributed by atoms with E-state index < -0.39 is 5.97 Å². The van der Waals surface area contributed by atoms with Gasteiger partial charge in [-0.05, 0) is 18.2 Å². The number of aromatic nitrogens is 1. The fraction of sp³-hybridized carbons (Fsp3) is 0. The molecule has 4 nitrogen and oxygen atoms in total. The first-order valence-electron chi connectivity index (χ1n) is 4.87. The van der Waals surface area contributed by atoms with Gasteiger partial charge in [-0.1, -0.05) is 29.3 Å². The molecule has 0 spiro atoms. The van der Waals surface area contributed by atoms with Crippen molar-refractivity contribution < 1.29 is 15.0 Å². The second-order valence-electron chi connectivity index (χ2n) is 3.52. The van der Waals surface area contributed by atoms with Crippen molar-refractivity contribution in [1.29, 1.82) is 0 Å². The van der Waals surface area contributed by atoms with Crippen LogP contribution in [0.15, 0.2) is 30.5 Å². The Morgan fingerprint density at radius 1 is 1.17 bits per heavy atom. The number of hydrogen-bond acceptors (Lipinski definition) is 3. The highest BCUT2D eigenvalue weighted by Crippen LogP contribution is 2.29. The minimum absolute atomic E-state index is 0.217. The molecule has 0 saturated carbocycles. The zero-order valence-electron chi connectivity index (χ0n) is 8.89. The summed E-state index contributed by atoms with van der Waals surface area (Å²) in [6.45, 7) is 0. The number of nitrogens with zero attached hydrogens (tertiary/aromatic N) is 1. The highest BCUT2D eigenvalue weighted by atomic mass is 35.5. The molecule has 0 atom stereocenters. The van der Waals surface area contributed by atoms with Gasteiger partial charge in [-0.15, -0.1) is 0 Å². The number of benzene rings is 1. The average Bonchev–Trinajstić information content (AvgIpc) is 2.33. The molecule has 1 aromatic carbocycles. The summed E-state index contributed by atoms with van der Waals surface area (Å²) in [7, 11) is 0. The number of aromatic hydroxyl groups is 1. The molecule has 0 bridgehead atoms. The molecule has 0 aliphatic carbocycles. The van der Waals surface area contributed by atoms with Crippen LogP contribution >= 0.6 is 23.2 Å². The number of hydrogen-bond donors (Lipinski definition) is 2. The second kappa shape index (κ2) is 4.84. The average molecular weight is 284 g/mol. The maximum absolute atomic E-state index is 10.9. The maximum Gasteiger partial charge on any atom is 0.339 e. The Labute approximate surface area is 112 Å². The van der Waals surface area contributed by atoms with Crippen LogP contribution in [0, 0.1) is 0 Å². The summed E-state index contributed by atoms with van der Waals surface area (Å²) < 4.78 is 0. The first-order valence-corrected chi connectivity index (χ1v) is 5.62. The quantitative estimate of drug-likeness (QED) is 0.886. The summed E-state index contributed by atoms with van der Waals surface area (Å²) in [4.78, 5) is 14.8. The first-order chi connectivity index (χ1) is 8.49. The van der Waals surface area contributed by atoms with Crippen LogP contribution in [-0.4, -0.2) is 21.2 Å². The molecule has 0 fully saturated rings. The molecule has 92 valence electrons. The lowest BCUT2D eigenvalue weighted by atomic mass is 10.1. The predicted molar refractivity (Wildman–Crippen MR) is 68.3 cm³/mol. The van der Waals surface area contributed by atoms with Crippen LogP contribution in [0.1, 0.15) is 10.4 Å². The lowest BCUT2D eigenvalue weighted by Crippen LogP contribution is -1.98. The molecule has 0 saturated heterocycles. The van der Waals surface area contributed by atoms with Crippen LogP contribution < -0.4 is 0 Å². The third-order valence-electron chi connectivity index (χ3n) is 2.33. The first kappa shape index (κ1) is 12.7. The highest BCUT2D eigenvalue weighted by molar-refractivity contribution is 6.42. The van der Waals surface area contributed by atoms with Crippen molar-refractivity contribution in [3.63, 3.8) is 0 Å². The topological polar surface area (TPSA) is 70.4 Å². The molecule has 0 aliphatic heterocycles. The van der Waals surface area contributed by atoms with Crippen molar-refractivity contribution in [2.24, 2.45) is 0 Å². The van der Waals surface area contributed by atoms with Gasteiger partial charge < -0.3 is 10.2 Å². The Morgan fingerprint density at radius 2 is 1.89 bits per heavy atom.